The number of amides is 1. The van der Waals surface area contributed by atoms with Crippen molar-refractivity contribution in [3.63, 3.8) is 0 Å². The molecule has 0 saturated heterocycles. The van der Waals surface area contributed by atoms with Crippen LogP contribution in [0.2, 0.25) is 0 Å². The van der Waals surface area contributed by atoms with Gasteiger partial charge in [-0.05, 0) is 45.5 Å². The summed E-state index contributed by atoms with van der Waals surface area (Å²) in [6, 6.07) is 6.00. The number of benzene rings is 1. The lowest BCUT2D eigenvalue weighted by Crippen LogP contribution is -2.39. The van der Waals surface area contributed by atoms with Gasteiger partial charge in [0.05, 0.1) is 11.7 Å². The molecule has 1 atom stereocenters. The van der Waals surface area contributed by atoms with Crippen LogP contribution >= 0.6 is 11.3 Å². The molecule has 0 fully saturated rings. The summed E-state index contributed by atoms with van der Waals surface area (Å²) < 4.78 is 28.6. The molecule has 0 spiro atoms. The molecule has 2 rings (SSSR count). The molecular formula is C17H21F2N3O2S. The normalized spacial score (nSPS) is 12.5. The summed E-state index contributed by atoms with van der Waals surface area (Å²) in [6.45, 7) is 3.32. The fourth-order valence-electron chi connectivity index (χ4n) is 2.14. The van der Waals surface area contributed by atoms with Gasteiger partial charge in [0.15, 0.2) is 5.13 Å². The zero-order valence-electron chi connectivity index (χ0n) is 14.5. The van der Waals surface area contributed by atoms with Gasteiger partial charge in [0.25, 0.3) is 0 Å². The average Bonchev–Trinajstić information content (AvgIpc) is 2.85. The van der Waals surface area contributed by atoms with Crippen molar-refractivity contribution in [2.45, 2.75) is 40.0 Å². The van der Waals surface area contributed by atoms with Crippen LogP contribution in [0.25, 0.3) is 0 Å². The Balaban J connectivity index is 1.92. The minimum Gasteiger partial charge on any atom is -0.435 e. The van der Waals surface area contributed by atoms with E-state index >= 15 is 0 Å². The van der Waals surface area contributed by atoms with Gasteiger partial charge in [-0.15, -0.1) is 11.3 Å². The van der Waals surface area contributed by atoms with Gasteiger partial charge in [-0.1, -0.05) is 12.1 Å². The standard InChI is InChI=1S/C17H21F2N3O2S/c1-10-12(3)25-17(20-10)21-15(23)11(2)22(4)9-13-5-7-14(8-6-13)24-16(18)19/h5-8,11,16H,9H2,1-4H3,(H,20,21,23). The van der Waals surface area contributed by atoms with Crippen LogP contribution in [0.15, 0.2) is 24.3 Å². The molecule has 8 heteroatoms. The number of hydrogen-bond acceptors (Lipinski definition) is 5. The van der Waals surface area contributed by atoms with Crippen molar-refractivity contribution < 1.29 is 18.3 Å². The fourth-order valence-corrected chi connectivity index (χ4v) is 2.95. The summed E-state index contributed by atoms with van der Waals surface area (Å²) in [5.74, 6) is -0.0318. The molecule has 0 aliphatic rings. The second-order valence-corrected chi connectivity index (χ2v) is 6.97. The van der Waals surface area contributed by atoms with E-state index in [0.29, 0.717) is 11.7 Å². The molecule has 1 aromatic carbocycles. The molecule has 1 N–H and O–H groups in total. The Hall–Kier alpha value is -2.06. The second kappa shape index (κ2) is 8.35. The molecule has 136 valence electrons. The highest BCUT2D eigenvalue weighted by Gasteiger charge is 2.19. The number of rotatable bonds is 7. The summed E-state index contributed by atoms with van der Waals surface area (Å²) in [5.41, 5.74) is 1.80. The van der Waals surface area contributed by atoms with E-state index in [2.05, 4.69) is 15.0 Å². The van der Waals surface area contributed by atoms with Crippen molar-refractivity contribution in [1.82, 2.24) is 9.88 Å². The number of halogens is 2. The number of thiazole rings is 1. The van der Waals surface area contributed by atoms with E-state index in [1.54, 1.807) is 19.1 Å². The number of alkyl halides is 2. The first-order valence-electron chi connectivity index (χ1n) is 7.75. The smallest absolute Gasteiger partial charge is 0.387 e. The predicted octanol–water partition coefficient (Wildman–Crippen LogP) is 3.82. The van der Waals surface area contributed by atoms with Crippen LogP contribution in [0.5, 0.6) is 5.75 Å². The molecule has 1 aromatic heterocycles. The van der Waals surface area contributed by atoms with Crippen molar-refractivity contribution >= 4 is 22.4 Å². The lowest BCUT2D eigenvalue weighted by molar-refractivity contribution is -0.120. The number of carbonyl (C=O) groups is 1. The van der Waals surface area contributed by atoms with Crippen molar-refractivity contribution in [2.24, 2.45) is 0 Å². The number of nitrogens with one attached hydrogen (secondary N) is 1. The Morgan fingerprint density at radius 2 is 1.96 bits per heavy atom. The molecule has 25 heavy (non-hydrogen) atoms. The molecule has 0 radical (unpaired) electrons. The molecule has 1 unspecified atom stereocenters. The third kappa shape index (κ3) is 5.47. The van der Waals surface area contributed by atoms with Crippen LogP contribution in [-0.4, -0.2) is 35.5 Å². The SMILES string of the molecule is Cc1nc(NC(=O)C(C)N(C)Cc2ccc(OC(F)F)cc2)sc1C. The maximum atomic E-state index is 12.4. The Bertz CT molecular complexity index is 700. The number of aromatic nitrogens is 1. The van der Waals surface area contributed by atoms with Crippen molar-refractivity contribution in [2.75, 3.05) is 12.4 Å². The van der Waals surface area contributed by atoms with Gasteiger partial charge < -0.3 is 10.1 Å². The van der Waals surface area contributed by atoms with Crippen LogP contribution in [0.3, 0.4) is 0 Å². The fraction of sp³-hybridized carbons (Fsp3) is 0.412. The summed E-state index contributed by atoms with van der Waals surface area (Å²) in [7, 11) is 1.83. The van der Waals surface area contributed by atoms with Gasteiger partial charge in [0, 0.05) is 11.4 Å². The van der Waals surface area contributed by atoms with Gasteiger partial charge in [0.1, 0.15) is 5.75 Å². The molecule has 0 aliphatic heterocycles. The molecule has 0 bridgehead atoms. The van der Waals surface area contributed by atoms with Crippen LogP contribution in [0.4, 0.5) is 13.9 Å². The lowest BCUT2D eigenvalue weighted by Gasteiger charge is -2.23. The number of nitrogens with zero attached hydrogens (tertiary/aromatic N) is 2. The first-order valence-corrected chi connectivity index (χ1v) is 8.56. The quantitative estimate of drug-likeness (QED) is 0.806. The minimum atomic E-state index is -2.84. The molecule has 1 amide bonds. The minimum absolute atomic E-state index is 0.113. The van der Waals surface area contributed by atoms with E-state index in [4.69, 9.17) is 0 Å². The summed E-state index contributed by atoms with van der Waals surface area (Å²) in [6.07, 6.45) is 0. The first kappa shape index (κ1) is 19.3. The molecule has 0 saturated carbocycles. The van der Waals surface area contributed by atoms with E-state index in [1.807, 2.05) is 25.8 Å². The van der Waals surface area contributed by atoms with Gasteiger partial charge in [-0.2, -0.15) is 8.78 Å². The Morgan fingerprint density at radius 3 is 2.48 bits per heavy atom. The van der Waals surface area contributed by atoms with E-state index < -0.39 is 6.61 Å². The average molecular weight is 369 g/mol. The number of aryl methyl sites for hydroxylation is 2. The van der Waals surface area contributed by atoms with E-state index in [-0.39, 0.29) is 17.7 Å². The number of ether oxygens (including phenoxy) is 1. The van der Waals surface area contributed by atoms with E-state index in [0.717, 1.165) is 16.1 Å². The summed E-state index contributed by atoms with van der Waals surface area (Å²) >= 11 is 1.45. The van der Waals surface area contributed by atoms with Crippen LogP contribution < -0.4 is 10.1 Å². The zero-order chi connectivity index (χ0) is 18.6. The van der Waals surface area contributed by atoms with Gasteiger partial charge in [-0.25, -0.2) is 4.98 Å². The monoisotopic (exact) mass is 369 g/mol. The lowest BCUT2D eigenvalue weighted by atomic mass is 10.2. The highest BCUT2D eigenvalue weighted by Crippen LogP contribution is 2.22. The predicted molar refractivity (Wildman–Crippen MR) is 94.2 cm³/mol. The Labute approximate surface area is 149 Å². The highest BCUT2D eigenvalue weighted by molar-refractivity contribution is 7.15. The maximum absolute atomic E-state index is 12.4. The third-order valence-corrected chi connectivity index (χ3v) is 4.87. The Kier molecular flexibility index (Phi) is 6.44. The molecule has 5 nitrogen and oxygen atoms in total. The summed E-state index contributed by atoms with van der Waals surface area (Å²) in [5, 5.41) is 3.42. The van der Waals surface area contributed by atoms with Crippen LogP contribution in [0.1, 0.15) is 23.1 Å². The summed E-state index contributed by atoms with van der Waals surface area (Å²) in [4.78, 5) is 19.6. The first-order chi connectivity index (χ1) is 11.8. The maximum Gasteiger partial charge on any atom is 0.387 e. The van der Waals surface area contributed by atoms with Crippen LogP contribution in [0, 0.1) is 13.8 Å². The third-order valence-electron chi connectivity index (χ3n) is 3.88. The Morgan fingerprint density at radius 1 is 1.32 bits per heavy atom. The highest BCUT2D eigenvalue weighted by atomic mass is 32.1. The second-order valence-electron chi connectivity index (χ2n) is 5.76. The van der Waals surface area contributed by atoms with Crippen LogP contribution in [-0.2, 0) is 11.3 Å². The number of likely N-dealkylation sites (N-methyl/N-ethyl adjacent to an activating group) is 1. The van der Waals surface area contributed by atoms with Crippen molar-refractivity contribution in [3.05, 3.63) is 40.4 Å². The largest absolute Gasteiger partial charge is 0.435 e. The molecule has 2 aromatic rings. The number of hydrogen-bond donors (Lipinski definition) is 1. The van der Waals surface area contributed by atoms with Crippen molar-refractivity contribution in [1.29, 1.82) is 0 Å². The zero-order valence-corrected chi connectivity index (χ0v) is 15.4. The van der Waals surface area contributed by atoms with E-state index in [1.165, 1.54) is 23.5 Å². The van der Waals surface area contributed by atoms with Gasteiger partial charge in [0.2, 0.25) is 5.91 Å². The topological polar surface area (TPSA) is 54.5 Å². The number of anilines is 1. The van der Waals surface area contributed by atoms with E-state index in [9.17, 15) is 13.6 Å². The molecular weight excluding hydrogens is 348 g/mol. The van der Waals surface area contributed by atoms with Gasteiger partial charge in [-0.3, -0.25) is 9.69 Å². The van der Waals surface area contributed by atoms with Gasteiger partial charge >= 0.3 is 6.61 Å². The number of carbonyl (C=O) groups excluding carboxylic acids is 1. The molecule has 1 heterocycles. The molecule has 0 aliphatic carbocycles. The van der Waals surface area contributed by atoms with Crippen molar-refractivity contribution in [3.8, 4) is 5.75 Å².